The summed E-state index contributed by atoms with van der Waals surface area (Å²) in [6, 6.07) is 70.1. The van der Waals surface area contributed by atoms with Crippen molar-refractivity contribution in [3.05, 3.63) is 205 Å². The quantitative estimate of drug-likeness (QED) is 0.167. The number of rotatable bonds is 6. The number of hydrogen-bond donors (Lipinski definition) is 0. The SMILES string of the molecule is CC(C)(C)C1(C(C)(C)C)c2cc(N(c3ccccc3)c3cccc4c3oc3ccccc34)ccc2-c2c1cc(N(c1ccccc1)c1cccc3c1oc1ccccc13)c1ccccc21. The molecule has 0 saturated carbocycles. The average Bonchev–Trinajstić information content (AvgIpc) is 3.99. The van der Waals surface area contributed by atoms with E-state index in [0.29, 0.717) is 0 Å². The lowest BCUT2D eigenvalue weighted by atomic mass is 9.50. The van der Waals surface area contributed by atoms with Crippen molar-refractivity contribution in [3.8, 4) is 11.1 Å². The zero-order chi connectivity index (χ0) is 44.2. The fourth-order valence-electron chi connectivity index (χ4n) is 12.0. The van der Waals surface area contributed by atoms with Crippen LogP contribution in [-0.4, -0.2) is 0 Å². The lowest BCUT2D eigenvalue weighted by Gasteiger charge is -2.53. The molecule has 0 spiro atoms. The molecule has 0 N–H and O–H groups in total. The first kappa shape index (κ1) is 39.1. The third kappa shape index (κ3) is 5.63. The maximum atomic E-state index is 6.81. The Bertz CT molecular complexity index is 3630. The van der Waals surface area contributed by atoms with Gasteiger partial charge in [-0.1, -0.05) is 169 Å². The van der Waals surface area contributed by atoms with Gasteiger partial charge in [0.2, 0.25) is 0 Å². The Morgan fingerprint density at radius 2 is 0.815 bits per heavy atom. The standard InChI is InChI=1S/C61H50N2O2/c1-59(2,3)61(60(4,5)6)49-37-41(62(39-21-9-7-10-22-39)51-31-19-29-46-43-26-15-17-33-54(43)64-57(46)51)35-36-48(49)56-45-28-14-13-25-42(45)53(38-50(56)61)63(40-23-11-8-12-24-40)52-32-20-30-47-44-27-16-18-34-55(44)65-58(47)52/h7-38H,1-6H3. The van der Waals surface area contributed by atoms with E-state index < -0.39 is 5.41 Å². The molecule has 1 aliphatic rings. The minimum Gasteiger partial charge on any atom is -0.454 e. The number of anilines is 6. The van der Waals surface area contributed by atoms with Crippen molar-refractivity contribution in [1.82, 2.24) is 0 Å². The fourth-order valence-corrected chi connectivity index (χ4v) is 12.0. The summed E-state index contributed by atoms with van der Waals surface area (Å²) < 4.78 is 13.6. The van der Waals surface area contributed by atoms with Crippen LogP contribution in [-0.2, 0) is 5.41 Å². The van der Waals surface area contributed by atoms with Crippen molar-refractivity contribution in [2.75, 3.05) is 9.80 Å². The molecule has 0 atom stereocenters. The molecular weight excluding hydrogens is 793 g/mol. The first-order valence-corrected chi connectivity index (χ1v) is 22.8. The predicted molar refractivity (Wildman–Crippen MR) is 273 cm³/mol. The highest BCUT2D eigenvalue weighted by molar-refractivity contribution is 6.15. The van der Waals surface area contributed by atoms with Crippen LogP contribution in [0.1, 0.15) is 52.7 Å². The molecule has 0 fully saturated rings. The van der Waals surface area contributed by atoms with Crippen LogP contribution < -0.4 is 9.80 Å². The largest absolute Gasteiger partial charge is 0.454 e. The summed E-state index contributed by atoms with van der Waals surface area (Å²) in [5, 5.41) is 6.84. The smallest absolute Gasteiger partial charge is 0.159 e. The summed E-state index contributed by atoms with van der Waals surface area (Å²) in [5.41, 5.74) is 14.2. The lowest BCUT2D eigenvalue weighted by Crippen LogP contribution is -2.50. The Labute approximate surface area is 380 Å². The highest BCUT2D eigenvalue weighted by atomic mass is 16.3. The van der Waals surface area contributed by atoms with Gasteiger partial charge in [-0.15, -0.1) is 0 Å². The fraction of sp³-hybridized carbons (Fsp3) is 0.148. The molecule has 11 aromatic rings. The van der Waals surface area contributed by atoms with Gasteiger partial charge < -0.3 is 18.6 Å². The second-order valence-corrected chi connectivity index (χ2v) is 19.7. The Morgan fingerprint density at radius 1 is 0.354 bits per heavy atom. The molecule has 2 heterocycles. The van der Waals surface area contributed by atoms with Gasteiger partial charge in [0.25, 0.3) is 0 Å². The summed E-state index contributed by atoms with van der Waals surface area (Å²) in [6.45, 7) is 14.6. The molecule has 316 valence electrons. The molecular formula is C61H50N2O2. The van der Waals surface area contributed by atoms with E-state index in [1.165, 1.54) is 33.0 Å². The number of para-hydroxylation sites is 6. The molecule has 0 saturated heterocycles. The first-order chi connectivity index (χ1) is 31.5. The van der Waals surface area contributed by atoms with Gasteiger partial charge in [0, 0.05) is 49.4 Å². The van der Waals surface area contributed by atoms with Gasteiger partial charge in [-0.05, 0) is 105 Å². The van der Waals surface area contributed by atoms with E-state index in [1.54, 1.807) is 0 Å². The molecule has 0 radical (unpaired) electrons. The maximum Gasteiger partial charge on any atom is 0.159 e. The third-order valence-electron chi connectivity index (χ3n) is 14.1. The molecule has 2 aromatic heterocycles. The van der Waals surface area contributed by atoms with Gasteiger partial charge >= 0.3 is 0 Å². The number of benzene rings is 9. The van der Waals surface area contributed by atoms with Gasteiger partial charge in [0.15, 0.2) is 11.2 Å². The molecule has 9 aromatic carbocycles. The van der Waals surface area contributed by atoms with Gasteiger partial charge in [-0.2, -0.15) is 0 Å². The molecule has 1 aliphatic carbocycles. The number of furan rings is 2. The van der Waals surface area contributed by atoms with Crippen molar-refractivity contribution in [1.29, 1.82) is 0 Å². The molecule has 0 bridgehead atoms. The van der Waals surface area contributed by atoms with Gasteiger partial charge in [0.1, 0.15) is 11.2 Å². The van der Waals surface area contributed by atoms with Crippen LogP contribution in [0.4, 0.5) is 34.1 Å². The van der Waals surface area contributed by atoms with Gasteiger partial charge in [0.05, 0.1) is 17.1 Å². The first-order valence-electron chi connectivity index (χ1n) is 22.8. The number of hydrogen-bond acceptors (Lipinski definition) is 4. The van der Waals surface area contributed by atoms with E-state index in [1.807, 2.05) is 12.1 Å². The van der Waals surface area contributed by atoms with Crippen molar-refractivity contribution >= 4 is 88.8 Å². The number of nitrogens with zero attached hydrogens (tertiary/aromatic N) is 2. The Kier molecular flexibility index (Phi) is 8.55. The molecule has 4 nitrogen and oxygen atoms in total. The van der Waals surface area contributed by atoms with Crippen molar-refractivity contribution in [2.45, 2.75) is 47.0 Å². The molecule has 0 unspecified atom stereocenters. The Morgan fingerprint density at radius 3 is 1.37 bits per heavy atom. The maximum absolute atomic E-state index is 6.81. The van der Waals surface area contributed by atoms with Crippen molar-refractivity contribution in [2.24, 2.45) is 10.8 Å². The zero-order valence-corrected chi connectivity index (χ0v) is 37.7. The van der Waals surface area contributed by atoms with Crippen LogP contribution >= 0.6 is 0 Å². The highest BCUT2D eigenvalue weighted by Crippen LogP contribution is 2.67. The summed E-state index contributed by atoms with van der Waals surface area (Å²) in [6.07, 6.45) is 0. The van der Waals surface area contributed by atoms with Crippen LogP contribution in [0.3, 0.4) is 0 Å². The summed E-state index contributed by atoms with van der Waals surface area (Å²) in [5.74, 6) is 0. The van der Waals surface area contributed by atoms with E-state index in [4.69, 9.17) is 8.83 Å². The van der Waals surface area contributed by atoms with E-state index in [2.05, 4.69) is 233 Å². The van der Waals surface area contributed by atoms with Crippen LogP contribution in [0.25, 0.3) is 65.8 Å². The Hall–Kier alpha value is -7.56. The molecule has 4 heteroatoms. The second kappa shape index (κ2) is 14.2. The minimum absolute atomic E-state index is 0.240. The second-order valence-electron chi connectivity index (χ2n) is 19.7. The van der Waals surface area contributed by atoms with Crippen LogP contribution in [0, 0.1) is 10.8 Å². The molecule has 12 rings (SSSR count). The van der Waals surface area contributed by atoms with Crippen LogP contribution in [0.2, 0.25) is 0 Å². The van der Waals surface area contributed by atoms with E-state index in [-0.39, 0.29) is 10.8 Å². The minimum atomic E-state index is -0.457. The summed E-state index contributed by atoms with van der Waals surface area (Å²) in [7, 11) is 0. The topological polar surface area (TPSA) is 32.8 Å². The summed E-state index contributed by atoms with van der Waals surface area (Å²) in [4.78, 5) is 4.82. The average molecular weight is 843 g/mol. The van der Waals surface area contributed by atoms with E-state index >= 15 is 0 Å². The third-order valence-corrected chi connectivity index (χ3v) is 14.1. The predicted octanol–water partition coefficient (Wildman–Crippen LogP) is 17.9. The van der Waals surface area contributed by atoms with Crippen molar-refractivity contribution < 1.29 is 8.83 Å². The van der Waals surface area contributed by atoms with Gasteiger partial charge in [-0.3, -0.25) is 0 Å². The highest BCUT2D eigenvalue weighted by Gasteiger charge is 2.58. The Balaban J connectivity index is 1.16. The zero-order valence-electron chi connectivity index (χ0n) is 37.7. The van der Waals surface area contributed by atoms with E-state index in [0.717, 1.165) is 78.0 Å². The van der Waals surface area contributed by atoms with Crippen LogP contribution in [0.15, 0.2) is 203 Å². The summed E-state index contributed by atoms with van der Waals surface area (Å²) >= 11 is 0. The normalized spacial score (nSPS) is 13.5. The van der Waals surface area contributed by atoms with Crippen molar-refractivity contribution in [3.63, 3.8) is 0 Å². The number of fused-ring (bicyclic) bond motifs is 11. The molecule has 65 heavy (non-hydrogen) atoms. The molecule has 0 amide bonds. The monoisotopic (exact) mass is 842 g/mol. The van der Waals surface area contributed by atoms with E-state index in [9.17, 15) is 0 Å². The van der Waals surface area contributed by atoms with Gasteiger partial charge in [-0.25, -0.2) is 0 Å². The molecule has 0 aliphatic heterocycles. The lowest BCUT2D eigenvalue weighted by molar-refractivity contribution is 0.0952. The van der Waals surface area contributed by atoms with Crippen LogP contribution in [0.5, 0.6) is 0 Å².